The van der Waals surface area contributed by atoms with E-state index in [-0.39, 0.29) is 10.6 Å². The first kappa shape index (κ1) is 21.9. The van der Waals surface area contributed by atoms with E-state index in [9.17, 15) is 21.6 Å². The molecular formula is C19H21F3N2O3S2. The Morgan fingerprint density at radius 2 is 1.86 bits per heavy atom. The minimum absolute atomic E-state index is 0.149. The molecule has 158 valence electrons. The number of thioether (sulfide) groups is 1. The molecule has 1 aromatic heterocycles. The molecule has 0 amide bonds. The number of hydrogen-bond donors (Lipinski definition) is 0. The predicted octanol–water partition coefficient (Wildman–Crippen LogP) is 4.49. The number of nitrogens with zero attached hydrogens (tertiary/aromatic N) is 2. The summed E-state index contributed by atoms with van der Waals surface area (Å²) in [6.45, 7) is -0.269. The van der Waals surface area contributed by atoms with Crippen molar-refractivity contribution in [2.24, 2.45) is 0 Å². The maximum Gasteiger partial charge on any atom is 0.422 e. The molecule has 0 bridgehead atoms. The van der Waals surface area contributed by atoms with Crippen LogP contribution >= 0.6 is 11.8 Å². The van der Waals surface area contributed by atoms with E-state index in [1.54, 1.807) is 30.3 Å². The lowest BCUT2D eigenvalue weighted by Crippen LogP contribution is -2.35. The van der Waals surface area contributed by atoms with Gasteiger partial charge in [-0.05, 0) is 42.7 Å². The van der Waals surface area contributed by atoms with Gasteiger partial charge in [-0.2, -0.15) is 17.5 Å². The molecule has 2 aromatic rings. The quantitative estimate of drug-likeness (QED) is 0.587. The van der Waals surface area contributed by atoms with Crippen LogP contribution in [0.3, 0.4) is 0 Å². The molecule has 0 aliphatic carbocycles. The van der Waals surface area contributed by atoms with Crippen molar-refractivity contribution in [2.75, 3.05) is 19.7 Å². The van der Waals surface area contributed by atoms with Crippen LogP contribution in [0.15, 0.2) is 52.5 Å². The van der Waals surface area contributed by atoms with Gasteiger partial charge in [0.1, 0.15) is 10.6 Å². The molecule has 0 N–H and O–H groups in total. The van der Waals surface area contributed by atoms with Crippen molar-refractivity contribution in [1.82, 2.24) is 9.29 Å². The largest absolute Gasteiger partial charge is 0.484 e. The molecule has 1 fully saturated rings. The Hall–Kier alpha value is -1.78. The van der Waals surface area contributed by atoms with Gasteiger partial charge in [0.25, 0.3) is 0 Å². The summed E-state index contributed by atoms with van der Waals surface area (Å²) in [5.74, 6) is 0.616. The van der Waals surface area contributed by atoms with Gasteiger partial charge in [-0.3, -0.25) is 0 Å². The first-order valence-electron chi connectivity index (χ1n) is 9.11. The van der Waals surface area contributed by atoms with E-state index in [0.717, 1.165) is 24.8 Å². The van der Waals surface area contributed by atoms with Gasteiger partial charge in [-0.25, -0.2) is 13.4 Å². The summed E-state index contributed by atoms with van der Waals surface area (Å²) < 4.78 is 68.3. The van der Waals surface area contributed by atoms with E-state index in [1.807, 2.05) is 0 Å². The Morgan fingerprint density at radius 1 is 1.10 bits per heavy atom. The van der Waals surface area contributed by atoms with Gasteiger partial charge >= 0.3 is 6.18 Å². The monoisotopic (exact) mass is 446 g/mol. The Kier molecular flexibility index (Phi) is 7.07. The van der Waals surface area contributed by atoms with E-state index in [1.165, 1.54) is 28.3 Å². The first-order chi connectivity index (χ1) is 13.7. The predicted molar refractivity (Wildman–Crippen MR) is 104 cm³/mol. The zero-order valence-corrected chi connectivity index (χ0v) is 17.2. The Balaban J connectivity index is 1.59. The molecule has 3 rings (SSSR count). The van der Waals surface area contributed by atoms with Crippen LogP contribution in [0, 0.1) is 0 Å². The molecule has 0 saturated carbocycles. The topological polar surface area (TPSA) is 59.5 Å². The molecule has 1 aliphatic rings. The molecule has 29 heavy (non-hydrogen) atoms. The highest BCUT2D eigenvalue weighted by molar-refractivity contribution is 7.98. The number of benzene rings is 1. The number of pyridine rings is 1. The number of ether oxygens (including phenoxy) is 1. The van der Waals surface area contributed by atoms with Gasteiger partial charge in [-0.15, -0.1) is 11.8 Å². The second-order valence-corrected chi connectivity index (χ2v) is 9.57. The van der Waals surface area contributed by atoms with Gasteiger partial charge in [0.05, 0.1) is 5.03 Å². The normalized spacial score (nSPS) is 16.0. The summed E-state index contributed by atoms with van der Waals surface area (Å²) in [7, 11) is -3.52. The lowest BCUT2D eigenvalue weighted by Gasteiger charge is -2.25. The third-order valence-corrected chi connectivity index (χ3v) is 7.25. The van der Waals surface area contributed by atoms with Crippen LogP contribution in [-0.2, 0) is 15.8 Å². The highest BCUT2D eigenvalue weighted by Gasteiger charge is 2.28. The summed E-state index contributed by atoms with van der Waals surface area (Å²) in [5, 5.41) is 0.629. The summed E-state index contributed by atoms with van der Waals surface area (Å²) in [4.78, 5) is 4.40. The van der Waals surface area contributed by atoms with Crippen molar-refractivity contribution in [1.29, 1.82) is 0 Å². The SMILES string of the molecule is O=S(=O)(c1ccc(SCc2cccc(OCC(F)(F)F)c2)nc1)N1CCCCC1. The highest BCUT2D eigenvalue weighted by Crippen LogP contribution is 2.26. The fourth-order valence-electron chi connectivity index (χ4n) is 2.91. The number of alkyl halides is 3. The third kappa shape index (κ3) is 6.35. The average molecular weight is 447 g/mol. The van der Waals surface area contributed by atoms with E-state index >= 15 is 0 Å². The van der Waals surface area contributed by atoms with Crippen LogP contribution in [-0.4, -0.2) is 43.6 Å². The number of halogens is 3. The van der Waals surface area contributed by atoms with Gasteiger partial charge < -0.3 is 4.74 Å². The highest BCUT2D eigenvalue weighted by atomic mass is 32.2. The fourth-order valence-corrected chi connectivity index (χ4v) is 5.16. The van der Waals surface area contributed by atoms with Crippen molar-refractivity contribution >= 4 is 21.8 Å². The minimum Gasteiger partial charge on any atom is -0.484 e. The number of rotatable bonds is 7. The number of sulfonamides is 1. The van der Waals surface area contributed by atoms with Crippen molar-refractivity contribution in [3.05, 3.63) is 48.2 Å². The lowest BCUT2D eigenvalue weighted by atomic mass is 10.2. The maximum atomic E-state index is 12.6. The molecule has 1 aromatic carbocycles. The van der Waals surface area contributed by atoms with Crippen molar-refractivity contribution < 1.29 is 26.3 Å². The molecule has 1 aliphatic heterocycles. The number of hydrogen-bond acceptors (Lipinski definition) is 5. The molecule has 0 unspecified atom stereocenters. The van der Waals surface area contributed by atoms with E-state index in [2.05, 4.69) is 4.98 Å². The van der Waals surface area contributed by atoms with Gasteiger partial charge in [-0.1, -0.05) is 18.6 Å². The third-order valence-electron chi connectivity index (χ3n) is 4.35. The standard InChI is InChI=1S/C19H21F3N2O3S2/c20-19(21,22)14-27-16-6-4-5-15(11-16)13-28-18-8-7-17(12-23-18)29(25,26)24-9-2-1-3-10-24/h4-8,11-12H,1-3,9-10,13-14H2. The summed E-state index contributed by atoms with van der Waals surface area (Å²) in [5.41, 5.74) is 0.779. The Morgan fingerprint density at radius 3 is 2.52 bits per heavy atom. The Bertz CT molecular complexity index is 913. The fraction of sp³-hybridized carbons (Fsp3) is 0.421. The van der Waals surface area contributed by atoms with Crippen LogP contribution in [0.25, 0.3) is 0 Å². The number of aromatic nitrogens is 1. The molecule has 2 heterocycles. The maximum absolute atomic E-state index is 12.6. The van der Waals surface area contributed by atoms with Crippen molar-refractivity contribution in [3.63, 3.8) is 0 Å². The average Bonchev–Trinajstić information content (AvgIpc) is 2.71. The first-order valence-corrected chi connectivity index (χ1v) is 11.5. The summed E-state index contributed by atoms with van der Waals surface area (Å²) in [6, 6.07) is 9.62. The number of piperidine rings is 1. The van der Waals surface area contributed by atoms with Crippen LogP contribution < -0.4 is 4.74 Å². The minimum atomic E-state index is -4.38. The summed E-state index contributed by atoms with van der Waals surface area (Å²) in [6.07, 6.45) is -0.249. The smallest absolute Gasteiger partial charge is 0.422 e. The van der Waals surface area contributed by atoms with E-state index < -0.39 is 22.8 Å². The van der Waals surface area contributed by atoms with Gasteiger partial charge in [0.2, 0.25) is 10.0 Å². The molecular weight excluding hydrogens is 425 g/mol. The van der Waals surface area contributed by atoms with Gasteiger partial charge in [0, 0.05) is 25.0 Å². The zero-order chi connectivity index (χ0) is 20.9. The van der Waals surface area contributed by atoms with Crippen LogP contribution in [0.4, 0.5) is 13.2 Å². The van der Waals surface area contributed by atoms with Crippen LogP contribution in [0.2, 0.25) is 0 Å². The second kappa shape index (κ2) is 9.36. The molecule has 0 atom stereocenters. The van der Waals surface area contributed by atoms with Crippen LogP contribution in [0.5, 0.6) is 5.75 Å². The van der Waals surface area contributed by atoms with E-state index in [4.69, 9.17) is 4.74 Å². The zero-order valence-electron chi connectivity index (χ0n) is 15.6. The Labute approximate surface area is 172 Å². The van der Waals surface area contributed by atoms with Crippen molar-refractivity contribution in [2.45, 2.75) is 41.1 Å². The molecule has 1 saturated heterocycles. The summed E-state index contributed by atoms with van der Waals surface area (Å²) >= 11 is 1.36. The van der Waals surface area contributed by atoms with Crippen molar-refractivity contribution in [3.8, 4) is 5.75 Å². The molecule has 0 spiro atoms. The molecule has 5 nitrogen and oxygen atoms in total. The van der Waals surface area contributed by atoms with E-state index in [0.29, 0.717) is 23.9 Å². The molecule has 10 heteroatoms. The second-order valence-electron chi connectivity index (χ2n) is 6.64. The van der Waals surface area contributed by atoms with Gasteiger partial charge in [0.15, 0.2) is 6.61 Å². The lowest BCUT2D eigenvalue weighted by molar-refractivity contribution is -0.153. The molecule has 0 radical (unpaired) electrons. The van der Waals surface area contributed by atoms with Crippen LogP contribution in [0.1, 0.15) is 24.8 Å².